The molecule has 11 heteroatoms. The SMILES string of the molecule is COc1ccc(S(=O)(=O)Nc2cc(S(=O)(=O)Nc3cccc(Cl)c3)ccc2O)cc1. The van der Waals surface area contributed by atoms with E-state index in [-0.39, 0.29) is 21.2 Å². The second-order valence-electron chi connectivity index (χ2n) is 6.08. The minimum Gasteiger partial charge on any atom is -0.506 e. The van der Waals surface area contributed by atoms with Crippen LogP contribution in [0.15, 0.2) is 76.5 Å². The molecule has 0 saturated heterocycles. The number of halogens is 1. The van der Waals surface area contributed by atoms with Crippen molar-refractivity contribution in [1.29, 1.82) is 0 Å². The summed E-state index contributed by atoms with van der Waals surface area (Å²) in [6.45, 7) is 0. The number of nitrogens with one attached hydrogen (secondary N) is 2. The second-order valence-corrected chi connectivity index (χ2v) is 9.88. The lowest BCUT2D eigenvalue weighted by molar-refractivity contribution is 0.414. The summed E-state index contributed by atoms with van der Waals surface area (Å²) in [5.74, 6) is 0.0331. The molecule has 0 aliphatic rings. The highest BCUT2D eigenvalue weighted by molar-refractivity contribution is 7.93. The number of methoxy groups -OCH3 is 1. The van der Waals surface area contributed by atoms with Crippen molar-refractivity contribution >= 4 is 43.0 Å². The Kier molecular flexibility index (Phi) is 6.11. The van der Waals surface area contributed by atoms with Crippen molar-refractivity contribution < 1.29 is 26.7 Å². The molecule has 0 bridgehead atoms. The Bertz CT molecular complexity index is 1280. The fourth-order valence-electron chi connectivity index (χ4n) is 2.49. The molecule has 0 aliphatic carbocycles. The molecule has 8 nitrogen and oxygen atoms in total. The molecule has 0 spiro atoms. The van der Waals surface area contributed by atoms with Crippen LogP contribution in [-0.2, 0) is 20.0 Å². The molecule has 0 saturated carbocycles. The molecule has 3 N–H and O–H groups in total. The van der Waals surface area contributed by atoms with Gasteiger partial charge in [0.1, 0.15) is 11.5 Å². The minimum absolute atomic E-state index is 0.0898. The third kappa shape index (κ3) is 4.96. The third-order valence-electron chi connectivity index (χ3n) is 3.97. The summed E-state index contributed by atoms with van der Waals surface area (Å²) in [5.41, 5.74) is -0.0595. The fraction of sp³-hybridized carbons (Fsp3) is 0.0526. The number of rotatable bonds is 7. The van der Waals surface area contributed by atoms with E-state index in [9.17, 15) is 21.9 Å². The van der Waals surface area contributed by atoms with E-state index in [1.54, 1.807) is 12.1 Å². The Morgan fingerprint density at radius 2 is 1.47 bits per heavy atom. The zero-order valence-corrected chi connectivity index (χ0v) is 17.9. The normalized spacial score (nSPS) is 11.7. The van der Waals surface area contributed by atoms with Gasteiger partial charge in [0.25, 0.3) is 20.0 Å². The molecule has 0 atom stereocenters. The van der Waals surface area contributed by atoms with E-state index < -0.39 is 25.8 Å². The molecule has 0 aliphatic heterocycles. The maximum Gasteiger partial charge on any atom is 0.262 e. The Labute approximate surface area is 179 Å². The van der Waals surface area contributed by atoms with Gasteiger partial charge in [-0.15, -0.1) is 0 Å². The van der Waals surface area contributed by atoms with Crippen molar-refractivity contribution in [2.45, 2.75) is 9.79 Å². The number of hydrogen-bond donors (Lipinski definition) is 3. The van der Waals surface area contributed by atoms with E-state index in [2.05, 4.69) is 9.44 Å². The number of phenols is 1. The molecule has 0 aromatic heterocycles. The Balaban J connectivity index is 1.90. The van der Waals surface area contributed by atoms with Gasteiger partial charge in [0.2, 0.25) is 0 Å². The van der Waals surface area contributed by atoms with E-state index in [1.165, 1.54) is 43.5 Å². The van der Waals surface area contributed by atoms with Gasteiger partial charge in [-0.2, -0.15) is 0 Å². The lowest BCUT2D eigenvalue weighted by Crippen LogP contribution is -2.15. The molecule has 0 radical (unpaired) electrons. The molecule has 3 aromatic rings. The van der Waals surface area contributed by atoms with Crippen LogP contribution in [0.2, 0.25) is 5.02 Å². The van der Waals surface area contributed by atoms with Crippen LogP contribution in [0.25, 0.3) is 0 Å². The van der Waals surface area contributed by atoms with Gasteiger partial charge in [0.15, 0.2) is 0 Å². The number of aromatic hydroxyl groups is 1. The van der Waals surface area contributed by atoms with E-state index in [4.69, 9.17) is 16.3 Å². The number of sulfonamides is 2. The molecular formula is C19H17ClN2O6S2. The quantitative estimate of drug-likeness (QED) is 0.455. The molecule has 158 valence electrons. The van der Waals surface area contributed by atoms with Gasteiger partial charge in [-0.05, 0) is 60.7 Å². The van der Waals surface area contributed by atoms with Crippen molar-refractivity contribution in [3.63, 3.8) is 0 Å². The first-order valence-corrected chi connectivity index (χ1v) is 11.7. The van der Waals surface area contributed by atoms with Crippen LogP contribution in [0.4, 0.5) is 11.4 Å². The third-order valence-corrected chi connectivity index (χ3v) is 6.96. The van der Waals surface area contributed by atoms with Gasteiger partial charge >= 0.3 is 0 Å². The summed E-state index contributed by atoms with van der Waals surface area (Å²) in [7, 11) is -6.71. The number of ether oxygens (including phenoxy) is 1. The molecule has 0 fully saturated rings. The first-order chi connectivity index (χ1) is 14.1. The average Bonchev–Trinajstić information content (AvgIpc) is 2.69. The summed E-state index contributed by atoms with van der Waals surface area (Å²) < 4.78 is 60.0. The lowest BCUT2D eigenvalue weighted by atomic mass is 10.3. The van der Waals surface area contributed by atoms with E-state index in [1.807, 2.05) is 0 Å². The van der Waals surface area contributed by atoms with Gasteiger partial charge in [-0.1, -0.05) is 17.7 Å². The van der Waals surface area contributed by atoms with Crippen LogP contribution in [0.1, 0.15) is 0 Å². The van der Waals surface area contributed by atoms with Crippen LogP contribution >= 0.6 is 11.6 Å². The van der Waals surface area contributed by atoms with Crippen molar-refractivity contribution in [3.8, 4) is 11.5 Å². The molecule has 30 heavy (non-hydrogen) atoms. The van der Waals surface area contributed by atoms with Crippen LogP contribution in [0, 0.1) is 0 Å². The highest BCUT2D eigenvalue weighted by Gasteiger charge is 2.20. The van der Waals surface area contributed by atoms with E-state index >= 15 is 0 Å². The number of benzene rings is 3. The first-order valence-electron chi connectivity index (χ1n) is 8.39. The predicted octanol–water partition coefficient (Wildman–Crippen LogP) is 3.66. The van der Waals surface area contributed by atoms with E-state index in [0.29, 0.717) is 10.8 Å². The maximum absolute atomic E-state index is 12.7. The first kappa shape index (κ1) is 21.8. The zero-order chi connectivity index (χ0) is 21.9. The highest BCUT2D eigenvalue weighted by atomic mass is 35.5. The molecular weight excluding hydrogens is 452 g/mol. The molecule has 0 amide bonds. The monoisotopic (exact) mass is 468 g/mol. The summed E-state index contributed by atoms with van der Waals surface area (Å²) in [6, 6.07) is 14.9. The molecule has 0 unspecified atom stereocenters. The van der Waals surface area contributed by atoms with Crippen LogP contribution in [0.3, 0.4) is 0 Å². The number of anilines is 2. The number of hydrogen-bond acceptors (Lipinski definition) is 6. The van der Waals surface area contributed by atoms with Gasteiger partial charge in [-0.25, -0.2) is 16.8 Å². The highest BCUT2D eigenvalue weighted by Crippen LogP contribution is 2.30. The topological polar surface area (TPSA) is 122 Å². The summed E-state index contributed by atoms with van der Waals surface area (Å²) >= 11 is 5.86. The molecule has 0 heterocycles. The zero-order valence-electron chi connectivity index (χ0n) is 15.5. The minimum atomic E-state index is -4.09. The smallest absolute Gasteiger partial charge is 0.262 e. The maximum atomic E-state index is 12.7. The summed E-state index contributed by atoms with van der Waals surface area (Å²) in [6.07, 6.45) is 0. The van der Waals surface area contributed by atoms with Gasteiger partial charge in [-0.3, -0.25) is 9.44 Å². The van der Waals surface area contributed by atoms with Crippen LogP contribution in [0.5, 0.6) is 11.5 Å². The largest absolute Gasteiger partial charge is 0.506 e. The average molecular weight is 469 g/mol. The standard InChI is InChI=1S/C19H17ClN2O6S2/c1-28-15-5-7-16(8-6-15)29(24,25)22-18-12-17(9-10-19(18)23)30(26,27)21-14-4-2-3-13(20)11-14/h2-12,21-23H,1H3. The van der Waals surface area contributed by atoms with Gasteiger partial charge in [0, 0.05) is 5.02 Å². The van der Waals surface area contributed by atoms with Crippen LogP contribution < -0.4 is 14.2 Å². The summed E-state index contributed by atoms with van der Waals surface area (Å²) in [4.78, 5) is -0.347. The summed E-state index contributed by atoms with van der Waals surface area (Å²) in [5, 5.41) is 10.4. The Morgan fingerprint density at radius 3 is 2.10 bits per heavy atom. The number of phenolic OH excluding ortho intramolecular Hbond substituents is 1. The van der Waals surface area contributed by atoms with Gasteiger partial charge < -0.3 is 9.84 Å². The Morgan fingerprint density at radius 1 is 0.833 bits per heavy atom. The molecule has 3 aromatic carbocycles. The van der Waals surface area contributed by atoms with E-state index in [0.717, 1.165) is 18.2 Å². The van der Waals surface area contributed by atoms with Crippen molar-refractivity contribution in [1.82, 2.24) is 0 Å². The fourth-order valence-corrected chi connectivity index (χ4v) is 4.82. The van der Waals surface area contributed by atoms with Gasteiger partial charge in [0.05, 0.1) is 28.3 Å². The lowest BCUT2D eigenvalue weighted by Gasteiger charge is -2.13. The second kappa shape index (κ2) is 8.42. The van der Waals surface area contributed by atoms with Crippen molar-refractivity contribution in [2.75, 3.05) is 16.6 Å². The van der Waals surface area contributed by atoms with Crippen molar-refractivity contribution in [2.24, 2.45) is 0 Å². The van der Waals surface area contributed by atoms with Crippen LogP contribution in [-0.4, -0.2) is 29.1 Å². The molecule has 3 rings (SSSR count). The predicted molar refractivity (Wildman–Crippen MR) is 114 cm³/mol. The Hall–Kier alpha value is -2.95. The van der Waals surface area contributed by atoms with Crippen molar-refractivity contribution in [3.05, 3.63) is 71.8 Å².